The van der Waals surface area contributed by atoms with E-state index in [0.717, 1.165) is 5.39 Å². The largest absolute Gasteiger partial charge is 0.346 e. The van der Waals surface area contributed by atoms with E-state index in [-0.39, 0.29) is 10.6 Å². The highest BCUT2D eigenvalue weighted by Gasteiger charge is 2.12. The van der Waals surface area contributed by atoms with Gasteiger partial charge in [-0.1, -0.05) is 6.07 Å². The van der Waals surface area contributed by atoms with E-state index in [1.807, 2.05) is 6.07 Å². The van der Waals surface area contributed by atoms with Crippen molar-refractivity contribution in [1.29, 1.82) is 0 Å². The predicted molar refractivity (Wildman–Crippen MR) is 81.9 cm³/mol. The first kappa shape index (κ1) is 14.2. The lowest BCUT2D eigenvalue weighted by Gasteiger charge is -2.06. The third kappa shape index (κ3) is 2.83. The zero-order valence-corrected chi connectivity index (χ0v) is 12.1. The number of fused-ring (bicyclic) bond motifs is 1. The van der Waals surface area contributed by atoms with Crippen LogP contribution in [0, 0.1) is 0 Å². The molecule has 0 aliphatic rings. The summed E-state index contributed by atoms with van der Waals surface area (Å²) in [5, 5.41) is 8.55. The lowest BCUT2D eigenvalue weighted by Crippen LogP contribution is -2.15. The molecule has 1 aromatic carbocycles. The number of H-pyrrole nitrogens is 1. The molecule has 0 spiro atoms. The zero-order valence-electron chi connectivity index (χ0n) is 11.3. The highest BCUT2D eigenvalue weighted by molar-refractivity contribution is 7.89. The van der Waals surface area contributed by atoms with E-state index in [4.69, 9.17) is 5.14 Å². The Kier molecular flexibility index (Phi) is 3.39. The summed E-state index contributed by atoms with van der Waals surface area (Å²) in [6, 6.07) is 10.9. The topological polar surface area (TPSA) is 118 Å². The Labute approximate surface area is 126 Å². The van der Waals surface area contributed by atoms with Gasteiger partial charge >= 0.3 is 0 Å². The van der Waals surface area contributed by atoms with Crippen LogP contribution < -0.4 is 10.5 Å². The fraction of sp³-hybridized carbons (Fsp3) is 0. The van der Waals surface area contributed by atoms with Gasteiger partial charge in [-0.15, -0.1) is 0 Å². The van der Waals surface area contributed by atoms with Gasteiger partial charge < -0.3 is 10.3 Å². The fourth-order valence-electron chi connectivity index (χ4n) is 2.00. The Morgan fingerprint density at radius 2 is 2.00 bits per heavy atom. The van der Waals surface area contributed by atoms with Crippen LogP contribution in [0.25, 0.3) is 11.0 Å². The number of rotatable bonds is 3. The molecule has 0 fully saturated rings. The van der Waals surface area contributed by atoms with E-state index in [1.54, 1.807) is 24.4 Å². The van der Waals surface area contributed by atoms with Crippen LogP contribution in [0.5, 0.6) is 0 Å². The highest BCUT2D eigenvalue weighted by Crippen LogP contribution is 2.16. The third-order valence-electron chi connectivity index (χ3n) is 3.06. The minimum atomic E-state index is -3.82. The molecule has 0 aliphatic heterocycles. The first-order valence-corrected chi connectivity index (χ1v) is 7.86. The fourth-order valence-corrected chi connectivity index (χ4v) is 2.56. The van der Waals surface area contributed by atoms with Gasteiger partial charge in [0.15, 0.2) is 0 Å². The van der Waals surface area contributed by atoms with Crippen LogP contribution in [-0.2, 0) is 10.0 Å². The number of nitrogens with one attached hydrogen (secondary N) is 2. The van der Waals surface area contributed by atoms with Gasteiger partial charge in [-0.3, -0.25) is 4.79 Å². The van der Waals surface area contributed by atoms with Crippen molar-refractivity contribution in [2.45, 2.75) is 4.90 Å². The smallest absolute Gasteiger partial charge is 0.274 e. The van der Waals surface area contributed by atoms with Crippen LogP contribution in [0.3, 0.4) is 0 Å². The normalized spacial score (nSPS) is 11.5. The molecular formula is C14H12N4O3S. The van der Waals surface area contributed by atoms with Crippen LogP contribution in [0.15, 0.2) is 53.6 Å². The molecule has 0 saturated heterocycles. The molecule has 3 rings (SSSR count). The van der Waals surface area contributed by atoms with Crippen molar-refractivity contribution in [3.05, 3.63) is 54.4 Å². The standard InChI is InChI=1S/C14H12N4O3S/c15-22(20,21)11-3-1-2-10(8-11)17-14(19)12-5-4-9-6-7-16-13(9)18-12/h1-8H,(H,16,18)(H,17,19)(H2,15,20,21). The summed E-state index contributed by atoms with van der Waals surface area (Å²) in [6.07, 6.45) is 1.73. The van der Waals surface area contributed by atoms with Crippen LogP contribution in [0.4, 0.5) is 5.69 Å². The molecule has 0 saturated carbocycles. The van der Waals surface area contributed by atoms with Gasteiger partial charge in [-0.05, 0) is 36.4 Å². The number of amides is 1. The SMILES string of the molecule is NS(=O)(=O)c1cccc(NC(=O)c2ccc3cc[nH]c3n2)c1. The molecule has 0 atom stereocenters. The highest BCUT2D eigenvalue weighted by atomic mass is 32.2. The van der Waals surface area contributed by atoms with E-state index in [0.29, 0.717) is 11.3 Å². The molecule has 4 N–H and O–H groups in total. The molecule has 8 heteroatoms. The quantitative estimate of drug-likeness (QED) is 0.678. The van der Waals surface area contributed by atoms with E-state index in [9.17, 15) is 13.2 Å². The number of sulfonamides is 1. The van der Waals surface area contributed by atoms with Gasteiger partial charge in [0.1, 0.15) is 11.3 Å². The molecular weight excluding hydrogens is 304 g/mol. The average Bonchev–Trinajstić information content (AvgIpc) is 2.94. The number of hydrogen-bond acceptors (Lipinski definition) is 4. The van der Waals surface area contributed by atoms with Crippen molar-refractivity contribution in [3.63, 3.8) is 0 Å². The summed E-state index contributed by atoms with van der Waals surface area (Å²) in [4.78, 5) is 19.2. The molecule has 2 aromatic heterocycles. The number of primary sulfonamides is 1. The van der Waals surface area contributed by atoms with E-state index >= 15 is 0 Å². The molecule has 0 unspecified atom stereocenters. The lowest BCUT2D eigenvalue weighted by atomic mass is 10.2. The van der Waals surface area contributed by atoms with E-state index in [1.165, 1.54) is 18.2 Å². The lowest BCUT2D eigenvalue weighted by molar-refractivity contribution is 0.102. The molecule has 1 amide bonds. The van der Waals surface area contributed by atoms with Crippen molar-refractivity contribution in [2.75, 3.05) is 5.32 Å². The first-order chi connectivity index (χ1) is 10.4. The maximum Gasteiger partial charge on any atom is 0.274 e. The number of nitrogens with two attached hydrogens (primary N) is 1. The maximum absolute atomic E-state index is 12.2. The maximum atomic E-state index is 12.2. The number of carbonyl (C=O) groups excluding carboxylic acids is 1. The van der Waals surface area contributed by atoms with Crippen molar-refractivity contribution >= 4 is 32.7 Å². The van der Waals surface area contributed by atoms with Crippen LogP contribution in [-0.4, -0.2) is 24.3 Å². The van der Waals surface area contributed by atoms with Gasteiger partial charge in [0.25, 0.3) is 5.91 Å². The minimum absolute atomic E-state index is 0.0712. The number of nitrogens with zero attached hydrogens (tertiary/aromatic N) is 1. The minimum Gasteiger partial charge on any atom is -0.346 e. The van der Waals surface area contributed by atoms with Crippen LogP contribution >= 0.6 is 0 Å². The summed E-state index contributed by atoms with van der Waals surface area (Å²) in [6.45, 7) is 0. The first-order valence-electron chi connectivity index (χ1n) is 6.32. The third-order valence-corrected chi connectivity index (χ3v) is 3.97. The Balaban J connectivity index is 1.87. The average molecular weight is 316 g/mol. The van der Waals surface area contributed by atoms with Gasteiger partial charge in [0, 0.05) is 17.3 Å². The van der Waals surface area contributed by atoms with Crippen molar-refractivity contribution < 1.29 is 13.2 Å². The monoisotopic (exact) mass is 316 g/mol. The number of pyridine rings is 1. The van der Waals surface area contributed by atoms with Gasteiger partial charge in [0.2, 0.25) is 10.0 Å². The molecule has 22 heavy (non-hydrogen) atoms. The Hall–Kier alpha value is -2.71. The Bertz CT molecular complexity index is 963. The molecule has 3 aromatic rings. The van der Waals surface area contributed by atoms with Crippen LogP contribution in [0.2, 0.25) is 0 Å². The Morgan fingerprint density at radius 1 is 1.18 bits per heavy atom. The predicted octanol–water partition coefficient (Wildman–Crippen LogP) is 1.46. The molecule has 112 valence electrons. The number of aromatic nitrogens is 2. The molecule has 0 bridgehead atoms. The van der Waals surface area contributed by atoms with Crippen molar-refractivity contribution in [1.82, 2.24) is 9.97 Å². The van der Waals surface area contributed by atoms with Crippen molar-refractivity contribution in [3.8, 4) is 0 Å². The van der Waals surface area contributed by atoms with Gasteiger partial charge in [-0.2, -0.15) is 0 Å². The van der Waals surface area contributed by atoms with E-state index in [2.05, 4.69) is 15.3 Å². The summed E-state index contributed by atoms with van der Waals surface area (Å²) in [7, 11) is -3.82. The Morgan fingerprint density at radius 3 is 2.77 bits per heavy atom. The summed E-state index contributed by atoms with van der Waals surface area (Å²) < 4.78 is 22.6. The van der Waals surface area contributed by atoms with Crippen LogP contribution in [0.1, 0.15) is 10.5 Å². The van der Waals surface area contributed by atoms with Crippen molar-refractivity contribution in [2.24, 2.45) is 5.14 Å². The van der Waals surface area contributed by atoms with Gasteiger partial charge in [0.05, 0.1) is 4.90 Å². The molecule has 7 nitrogen and oxygen atoms in total. The molecule has 0 radical (unpaired) electrons. The van der Waals surface area contributed by atoms with E-state index < -0.39 is 15.9 Å². The summed E-state index contributed by atoms with van der Waals surface area (Å²) in [5.74, 6) is -0.442. The number of benzene rings is 1. The number of carbonyl (C=O) groups is 1. The number of aromatic amines is 1. The van der Waals surface area contributed by atoms with Gasteiger partial charge in [-0.25, -0.2) is 18.5 Å². The second-order valence-corrected chi connectivity index (χ2v) is 6.20. The summed E-state index contributed by atoms with van der Waals surface area (Å²) in [5.41, 5.74) is 1.15. The second kappa shape index (κ2) is 5.24. The molecule has 0 aliphatic carbocycles. The molecule has 2 heterocycles. The summed E-state index contributed by atoms with van der Waals surface area (Å²) >= 11 is 0. The second-order valence-electron chi connectivity index (χ2n) is 4.64. The zero-order chi connectivity index (χ0) is 15.7. The number of hydrogen-bond donors (Lipinski definition) is 3. The number of anilines is 1.